The van der Waals surface area contributed by atoms with E-state index in [9.17, 15) is 9.18 Å². The molecule has 1 rings (SSSR count). The third kappa shape index (κ3) is 4.36. The molecule has 6 heteroatoms. The summed E-state index contributed by atoms with van der Waals surface area (Å²) in [5.74, 6) is -1.03. The summed E-state index contributed by atoms with van der Waals surface area (Å²) in [6.07, 6.45) is -0.0302. The average Bonchev–Trinajstić information content (AvgIpc) is 2.33. The van der Waals surface area contributed by atoms with Gasteiger partial charge in [-0.25, -0.2) is 4.39 Å². The SMILES string of the molecule is CCOC(=O)C[C@H](N)c1cc(F)c(OCC)c(Cl)c1. The van der Waals surface area contributed by atoms with Crippen molar-refractivity contribution >= 4 is 17.6 Å². The molecule has 0 aliphatic carbocycles. The molecule has 0 amide bonds. The van der Waals surface area contributed by atoms with Gasteiger partial charge in [0.1, 0.15) is 0 Å². The Labute approximate surface area is 116 Å². The smallest absolute Gasteiger partial charge is 0.307 e. The quantitative estimate of drug-likeness (QED) is 0.818. The van der Waals surface area contributed by atoms with E-state index >= 15 is 0 Å². The van der Waals surface area contributed by atoms with Gasteiger partial charge in [-0.15, -0.1) is 0 Å². The lowest BCUT2D eigenvalue weighted by atomic mass is 10.0. The lowest BCUT2D eigenvalue weighted by Gasteiger charge is -2.14. The van der Waals surface area contributed by atoms with Crippen molar-refractivity contribution in [1.29, 1.82) is 0 Å². The predicted molar refractivity (Wildman–Crippen MR) is 70.8 cm³/mol. The fraction of sp³-hybridized carbons (Fsp3) is 0.462. The Bertz CT molecular complexity index is 431. The lowest BCUT2D eigenvalue weighted by Crippen LogP contribution is -2.17. The maximum atomic E-state index is 13.8. The molecule has 0 aliphatic heterocycles. The van der Waals surface area contributed by atoms with Gasteiger partial charge in [0.25, 0.3) is 0 Å². The summed E-state index contributed by atoms with van der Waals surface area (Å²) in [6, 6.07) is 2.06. The summed E-state index contributed by atoms with van der Waals surface area (Å²) in [5.41, 5.74) is 6.25. The molecule has 2 N–H and O–H groups in total. The van der Waals surface area contributed by atoms with Crippen molar-refractivity contribution in [3.63, 3.8) is 0 Å². The molecule has 0 fully saturated rings. The fourth-order valence-electron chi connectivity index (χ4n) is 1.59. The topological polar surface area (TPSA) is 61.5 Å². The Kier molecular flexibility index (Phi) is 6.05. The van der Waals surface area contributed by atoms with E-state index < -0.39 is 17.8 Å². The van der Waals surface area contributed by atoms with Crippen LogP contribution >= 0.6 is 11.6 Å². The zero-order valence-electron chi connectivity index (χ0n) is 10.9. The standard InChI is InChI=1S/C13H17ClFNO3/c1-3-18-12(17)7-11(16)8-5-9(14)13(19-4-2)10(15)6-8/h5-6,11H,3-4,7,16H2,1-2H3/t11-/m0/s1. The number of nitrogens with two attached hydrogens (primary N) is 1. The molecule has 0 aliphatic rings. The number of carbonyl (C=O) groups excluding carboxylic acids is 1. The zero-order chi connectivity index (χ0) is 14.4. The molecule has 106 valence electrons. The average molecular weight is 290 g/mol. The zero-order valence-corrected chi connectivity index (χ0v) is 11.7. The minimum atomic E-state index is -0.665. The summed E-state index contributed by atoms with van der Waals surface area (Å²) in [6.45, 7) is 4.03. The molecule has 19 heavy (non-hydrogen) atoms. The number of esters is 1. The van der Waals surface area contributed by atoms with Crippen LogP contribution in [-0.4, -0.2) is 19.2 Å². The van der Waals surface area contributed by atoms with Crippen LogP contribution in [0.2, 0.25) is 5.02 Å². The third-order valence-electron chi connectivity index (χ3n) is 2.43. The molecule has 0 spiro atoms. The van der Waals surface area contributed by atoms with Crippen LogP contribution in [0.25, 0.3) is 0 Å². The molecule has 0 saturated carbocycles. The molecule has 0 saturated heterocycles. The highest BCUT2D eigenvalue weighted by Crippen LogP contribution is 2.31. The normalized spacial score (nSPS) is 12.1. The Morgan fingerprint density at radius 1 is 1.42 bits per heavy atom. The first-order valence-corrected chi connectivity index (χ1v) is 6.40. The molecular formula is C13H17ClFNO3. The second-order valence-electron chi connectivity index (χ2n) is 3.86. The van der Waals surface area contributed by atoms with Crippen LogP contribution in [0.15, 0.2) is 12.1 Å². The van der Waals surface area contributed by atoms with E-state index in [1.54, 1.807) is 13.8 Å². The maximum absolute atomic E-state index is 13.8. The van der Waals surface area contributed by atoms with Gasteiger partial charge in [0.2, 0.25) is 0 Å². The molecule has 0 radical (unpaired) electrons. The van der Waals surface area contributed by atoms with Crippen molar-refractivity contribution in [3.8, 4) is 5.75 Å². The van der Waals surface area contributed by atoms with Crippen LogP contribution < -0.4 is 10.5 Å². The van der Waals surface area contributed by atoms with Gasteiger partial charge in [0.05, 0.1) is 24.7 Å². The van der Waals surface area contributed by atoms with Crippen molar-refractivity contribution in [2.24, 2.45) is 5.73 Å². The predicted octanol–water partition coefficient (Wildman–Crippen LogP) is 2.83. The van der Waals surface area contributed by atoms with Crippen LogP contribution in [-0.2, 0) is 9.53 Å². The van der Waals surface area contributed by atoms with Crippen molar-refractivity contribution in [2.75, 3.05) is 13.2 Å². The van der Waals surface area contributed by atoms with E-state index in [4.69, 9.17) is 26.8 Å². The van der Waals surface area contributed by atoms with E-state index in [2.05, 4.69) is 0 Å². The molecule has 0 unspecified atom stereocenters. The Morgan fingerprint density at radius 2 is 2.11 bits per heavy atom. The number of carbonyl (C=O) groups is 1. The van der Waals surface area contributed by atoms with E-state index in [1.165, 1.54) is 12.1 Å². The number of hydrogen-bond donors (Lipinski definition) is 1. The monoisotopic (exact) mass is 289 g/mol. The highest BCUT2D eigenvalue weighted by atomic mass is 35.5. The van der Waals surface area contributed by atoms with Gasteiger partial charge in [0, 0.05) is 6.04 Å². The Balaban J connectivity index is 2.87. The van der Waals surface area contributed by atoms with E-state index in [-0.39, 0.29) is 23.8 Å². The van der Waals surface area contributed by atoms with Crippen LogP contribution in [0.4, 0.5) is 4.39 Å². The van der Waals surface area contributed by atoms with E-state index in [0.29, 0.717) is 12.2 Å². The minimum absolute atomic E-state index is 0.00347. The fourth-order valence-corrected chi connectivity index (χ4v) is 1.86. The second kappa shape index (κ2) is 7.31. The summed E-state index contributed by atoms with van der Waals surface area (Å²) in [7, 11) is 0. The lowest BCUT2D eigenvalue weighted by molar-refractivity contribution is -0.143. The summed E-state index contributed by atoms with van der Waals surface area (Å²) in [5, 5.41) is 0.135. The Hall–Kier alpha value is -1.33. The number of rotatable bonds is 6. The van der Waals surface area contributed by atoms with E-state index in [0.717, 1.165) is 0 Å². The Morgan fingerprint density at radius 3 is 2.63 bits per heavy atom. The van der Waals surface area contributed by atoms with Gasteiger partial charge >= 0.3 is 5.97 Å². The van der Waals surface area contributed by atoms with Crippen LogP contribution in [0, 0.1) is 5.82 Å². The molecule has 0 heterocycles. The molecule has 1 atom stereocenters. The van der Waals surface area contributed by atoms with Gasteiger partial charge in [-0.2, -0.15) is 0 Å². The van der Waals surface area contributed by atoms with Gasteiger partial charge in [0.15, 0.2) is 11.6 Å². The number of halogens is 2. The first kappa shape index (κ1) is 15.7. The number of hydrogen-bond acceptors (Lipinski definition) is 4. The largest absolute Gasteiger partial charge is 0.489 e. The van der Waals surface area contributed by atoms with Gasteiger partial charge in [-0.05, 0) is 31.5 Å². The first-order valence-electron chi connectivity index (χ1n) is 6.02. The molecule has 0 bridgehead atoms. The number of benzene rings is 1. The van der Waals surface area contributed by atoms with Gasteiger partial charge < -0.3 is 15.2 Å². The highest BCUT2D eigenvalue weighted by Gasteiger charge is 2.17. The van der Waals surface area contributed by atoms with Crippen LogP contribution in [0.5, 0.6) is 5.75 Å². The third-order valence-corrected chi connectivity index (χ3v) is 2.71. The first-order chi connectivity index (χ1) is 8.99. The van der Waals surface area contributed by atoms with Crippen LogP contribution in [0.3, 0.4) is 0 Å². The molecular weight excluding hydrogens is 273 g/mol. The van der Waals surface area contributed by atoms with Crippen molar-refractivity contribution in [3.05, 3.63) is 28.5 Å². The summed E-state index contributed by atoms with van der Waals surface area (Å²) in [4.78, 5) is 11.3. The van der Waals surface area contributed by atoms with Gasteiger partial charge in [-0.3, -0.25) is 4.79 Å². The second-order valence-corrected chi connectivity index (χ2v) is 4.27. The van der Waals surface area contributed by atoms with Crippen molar-refractivity contribution in [2.45, 2.75) is 26.3 Å². The molecule has 1 aromatic carbocycles. The van der Waals surface area contributed by atoms with Crippen molar-refractivity contribution < 1.29 is 18.7 Å². The summed E-state index contributed by atoms with van der Waals surface area (Å²) < 4.78 is 23.6. The van der Waals surface area contributed by atoms with E-state index in [1.807, 2.05) is 0 Å². The maximum Gasteiger partial charge on any atom is 0.307 e. The highest BCUT2D eigenvalue weighted by molar-refractivity contribution is 6.32. The summed E-state index contributed by atoms with van der Waals surface area (Å²) >= 11 is 5.92. The number of ether oxygens (including phenoxy) is 2. The van der Waals surface area contributed by atoms with Gasteiger partial charge in [-0.1, -0.05) is 11.6 Å². The molecule has 4 nitrogen and oxygen atoms in total. The van der Waals surface area contributed by atoms with Crippen LogP contribution in [0.1, 0.15) is 31.9 Å². The van der Waals surface area contributed by atoms with Crippen molar-refractivity contribution in [1.82, 2.24) is 0 Å². The minimum Gasteiger partial charge on any atom is -0.489 e. The molecule has 1 aromatic rings. The molecule has 0 aromatic heterocycles.